The van der Waals surface area contributed by atoms with Crippen molar-refractivity contribution in [3.63, 3.8) is 0 Å². The summed E-state index contributed by atoms with van der Waals surface area (Å²) in [5.74, 6) is 3.09. The SMILES string of the molecule is O.O.c1csc(-c2sc(-c3cccs3)c3[nH]c(-c4nc5ccccc5[nH]4)nc23)c1.c1csc(-c2sc(-c3cccs3)c3[nH]c(-c4nc5ccccc5[nH]4)nc23)c1. The lowest BCUT2D eigenvalue weighted by molar-refractivity contribution is 0.823. The minimum Gasteiger partial charge on any atom is -0.412 e. The van der Waals surface area contributed by atoms with E-state index in [0.29, 0.717) is 0 Å². The fourth-order valence-corrected chi connectivity index (χ4v) is 12.3. The topological polar surface area (TPSA) is 178 Å². The number of H-pyrrole nitrogens is 4. The summed E-state index contributed by atoms with van der Waals surface area (Å²) in [5, 5.41) is 8.45. The standard InChI is InChI=1S/2C20H12N4S3.2H2O/c2*1-2-6-12-11(5-1)21-19(22-12)20-23-15-16(24-20)18(14-8-4-10-26-14)27-17(15)13-7-3-9-25-13;;/h2*1-10H,(H,21,22)(H,23,24);2*1H2. The highest BCUT2D eigenvalue weighted by Crippen LogP contribution is 2.47. The van der Waals surface area contributed by atoms with Crippen LogP contribution in [0.1, 0.15) is 0 Å². The number of benzene rings is 2. The summed E-state index contributed by atoms with van der Waals surface area (Å²) in [6.45, 7) is 0. The molecule has 0 saturated heterocycles. The van der Waals surface area contributed by atoms with Crippen LogP contribution in [0.3, 0.4) is 0 Å². The Labute approximate surface area is 341 Å². The molecule has 0 aliphatic heterocycles. The van der Waals surface area contributed by atoms with E-state index in [2.05, 4.69) is 90.0 Å². The summed E-state index contributed by atoms with van der Waals surface area (Å²) in [7, 11) is 0. The van der Waals surface area contributed by atoms with E-state index in [9.17, 15) is 0 Å². The van der Waals surface area contributed by atoms with Crippen molar-refractivity contribution in [2.24, 2.45) is 0 Å². The third-order valence-electron chi connectivity index (χ3n) is 8.91. The molecule has 0 aliphatic rings. The highest BCUT2D eigenvalue weighted by Gasteiger charge is 2.23. The first-order valence-electron chi connectivity index (χ1n) is 16.8. The Bertz CT molecular complexity index is 2760. The summed E-state index contributed by atoms with van der Waals surface area (Å²) < 4.78 is 0. The van der Waals surface area contributed by atoms with Gasteiger partial charge in [0.05, 0.1) is 52.6 Å². The molecule has 276 valence electrons. The van der Waals surface area contributed by atoms with Gasteiger partial charge in [-0.1, -0.05) is 48.5 Å². The Morgan fingerprint density at radius 2 is 0.714 bits per heavy atom. The van der Waals surface area contributed by atoms with Crippen LogP contribution in [0.15, 0.2) is 119 Å². The molecule has 0 fully saturated rings. The number of hydrogen-bond donors (Lipinski definition) is 4. The van der Waals surface area contributed by atoms with Gasteiger partial charge >= 0.3 is 0 Å². The van der Waals surface area contributed by atoms with Crippen LogP contribution in [0.25, 0.3) is 106 Å². The molecule has 0 aliphatic carbocycles. The zero-order valence-corrected chi connectivity index (χ0v) is 33.7. The summed E-state index contributed by atoms with van der Waals surface area (Å²) in [4.78, 5) is 43.0. The number of hydrogen-bond acceptors (Lipinski definition) is 10. The van der Waals surface area contributed by atoms with Crippen LogP contribution in [0, 0.1) is 0 Å². The van der Waals surface area contributed by atoms with E-state index in [-0.39, 0.29) is 11.0 Å². The predicted molar refractivity (Wildman–Crippen MR) is 239 cm³/mol. The Hall–Kier alpha value is -5.56. The average Bonchev–Trinajstić information content (AvgIpc) is 4.05. The Kier molecular flexibility index (Phi) is 9.56. The van der Waals surface area contributed by atoms with Crippen LogP contribution in [0.2, 0.25) is 0 Å². The Balaban J connectivity index is 0.000000141. The molecule has 0 atom stereocenters. The van der Waals surface area contributed by atoms with Gasteiger partial charge in [-0.25, -0.2) is 19.9 Å². The van der Waals surface area contributed by atoms with Crippen molar-refractivity contribution < 1.29 is 11.0 Å². The smallest absolute Gasteiger partial charge is 0.174 e. The van der Waals surface area contributed by atoms with Crippen LogP contribution in [-0.2, 0) is 0 Å². The van der Waals surface area contributed by atoms with Crippen LogP contribution >= 0.6 is 68.0 Å². The lowest BCUT2D eigenvalue weighted by Gasteiger charge is -1.93. The number of nitrogens with one attached hydrogen (secondary N) is 4. The molecule has 8 N–H and O–H groups in total. The summed E-state index contributed by atoms with van der Waals surface area (Å²) in [5.41, 5.74) is 8.13. The van der Waals surface area contributed by atoms with Gasteiger partial charge in [-0.15, -0.1) is 68.0 Å². The molecule has 10 aromatic heterocycles. The average molecular weight is 845 g/mol. The monoisotopic (exact) mass is 844 g/mol. The van der Waals surface area contributed by atoms with Gasteiger partial charge in [0.1, 0.15) is 11.0 Å². The molecule has 12 rings (SSSR count). The van der Waals surface area contributed by atoms with Crippen molar-refractivity contribution in [1.29, 1.82) is 0 Å². The molecule has 0 saturated carbocycles. The molecule has 0 unspecified atom stereocenters. The van der Waals surface area contributed by atoms with Gasteiger partial charge in [-0.05, 0) is 70.1 Å². The second-order valence-electron chi connectivity index (χ2n) is 12.3. The van der Waals surface area contributed by atoms with Crippen LogP contribution < -0.4 is 0 Å². The molecule has 2 aromatic carbocycles. The number of para-hydroxylation sites is 4. The summed E-state index contributed by atoms with van der Waals surface area (Å²) >= 11 is 10.6. The third-order valence-corrected chi connectivity index (χ3v) is 15.5. The first-order valence-corrected chi connectivity index (χ1v) is 22.0. The molecule has 10 heterocycles. The second kappa shape index (κ2) is 14.8. The highest BCUT2D eigenvalue weighted by molar-refractivity contribution is 7.28. The number of nitrogens with zero attached hydrogens (tertiary/aromatic N) is 4. The fraction of sp³-hybridized carbons (Fsp3) is 0. The number of imidazole rings is 4. The predicted octanol–water partition coefficient (Wildman–Crippen LogP) is 11.6. The fourth-order valence-electron chi connectivity index (χ4n) is 6.47. The number of thiophene rings is 6. The van der Waals surface area contributed by atoms with E-state index in [1.54, 1.807) is 68.0 Å². The zero-order valence-electron chi connectivity index (χ0n) is 28.8. The normalized spacial score (nSPS) is 11.3. The van der Waals surface area contributed by atoms with Gasteiger partial charge < -0.3 is 30.9 Å². The number of fused-ring (bicyclic) bond motifs is 4. The zero-order chi connectivity index (χ0) is 35.6. The van der Waals surface area contributed by atoms with Crippen LogP contribution in [0.4, 0.5) is 0 Å². The lowest BCUT2D eigenvalue weighted by Crippen LogP contribution is -1.82. The van der Waals surface area contributed by atoms with Crippen molar-refractivity contribution in [1.82, 2.24) is 39.9 Å². The maximum absolute atomic E-state index is 4.94. The van der Waals surface area contributed by atoms with E-state index in [0.717, 1.165) is 67.4 Å². The van der Waals surface area contributed by atoms with Gasteiger partial charge in [-0.2, -0.15) is 0 Å². The van der Waals surface area contributed by atoms with Crippen LogP contribution in [-0.4, -0.2) is 50.8 Å². The van der Waals surface area contributed by atoms with E-state index < -0.39 is 0 Å². The molecular weight excluding hydrogens is 817 g/mol. The van der Waals surface area contributed by atoms with E-state index in [1.165, 1.54) is 39.0 Å². The van der Waals surface area contributed by atoms with Gasteiger partial charge in [0.2, 0.25) is 0 Å². The largest absolute Gasteiger partial charge is 0.412 e. The third kappa shape index (κ3) is 6.22. The van der Waals surface area contributed by atoms with E-state index in [4.69, 9.17) is 19.9 Å². The lowest BCUT2D eigenvalue weighted by atomic mass is 10.3. The molecule has 0 radical (unpaired) electrons. The molecule has 16 heteroatoms. The number of rotatable bonds is 6. The first-order chi connectivity index (χ1) is 26.7. The van der Waals surface area contributed by atoms with Gasteiger partial charge in [0.25, 0.3) is 0 Å². The van der Waals surface area contributed by atoms with Gasteiger partial charge in [0, 0.05) is 19.5 Å². The summed E-state index contributed by atoms with van der Waals surface area (Å²) in [6, 6.07) is 33.1. The van der Waals surface area contributed by atoms with Crippen molar-refractivity contribution in [2.45, 2.75) is 0 Å². The van der Waals surface area contributed by atoms with Crippen molar-refractivity contribution in [2.75, 3.05) is 0 Å². The van der Waals surface area contributed by atoms with Crippen molar-refractivity contribution >= 4 is 112 Å². The summed E-state index contributed by atoms with van der Waals surface area (Å²) in [6.07, 6.45) is 0. The maximum atomic E-state index is 4.94. The molecule has 0 spiro atoms. The minimum atomic E-state index is 0. The maximum Gasteiger partial charge on any atom is 0.174 e. The first kappa shape index (κ1) is 36.1. The Morgan fingerprint density at radius 3 is 1.07 bits per heavy atom. The van der Waals surface area contributed by atoms with Crippen molar-refractivity contribution in [3.8, 4) is 62.3 Å². The molecule has 56 heavy (non-hydrogen) atoms. The second-order valence-corrected chi connectivity index (χ2v) is 18.1. The highest BCUT2D eigenvalue weighted by atomic mass is 32.1. The van der Waals surface area contributed by atoms with Crippen molar-refractivity contribution in [3.05, 3.63) is 119 Å². The molecular formula is C40H28N8O2S6. The minimum absolute atomic E-state index is 0. The molecule has 12 aromatic rings. The quantitative estimate of drug-likeness (QED) is 0.130. The van der Waals surface area contributed by atoms with Gasteiger partial charge in [0.15, 0.2) is 23.3 Å². The molecule has 0 amide bonds. The van der Waals surface area contributed by atoms with E-state index >= 15 is 0 Å². The van der Waals surface area contributed by atoms with Gasteiger partial charge in [-0.3, -0.25) is 0 Å². The van der Waals surface area contributed by atoms with E-state index in [1.807, 2.05) is 48.5 Å². The molecule has 10 nitrogen and oxygen atoms in total. The number of aromatic nitrogens is 8. The van der Waals surface area contributed by atoms with Crippen LogP contribution in [0.5, 0.6) is 0 Å². The number of aromatic amines is 4. The molecule has 0 bridgehead atoms. The Morgan fingerprint density at radius 1 is 0.357 bits per heavy atom.